The Morgan fingerprint density at radius 3 is 3.00 bits per heavy atom. The fourth-order valence-corrected chi connectivity index (χ4v) is 1.48. The molecular formula is C12H16N2O2. The molecule has 1 heterocycles. The van der Waals surface area contributed by atoms with Crippen molar-refractivity contribution in [3.63, 3.8) is 0 Å². The molecular weight excluding hydrogens is 204 g/mol. The molecule has 4 heteroatoms. The third-order valence-corrected chi connectivity index (χ3v) is 2.72. The molecule has 0 spiro atoms. The highest BCUT2D eigenvalue weighted by atomic mass is 16.5. The van der Waals surface area contributed by atoms with E-state index in [0.717, 1.165) is 12.8 Å². The van der Waals surface area contributed by atoms with Gasteiger partial charge in [-0.25, -0.2) is 9.78 Å². The van der Waals surface area contributed by atoms with Crippen molar-refractivity contribution in [1.82, 2.24) is 4.98 Å². The number of anilines is 1. The number of rotatable bonds is 4. The van der Waals surface area contributed by atoms with Gasteiger partial charge in [0.05, 0.1) is 6.61 Å². The third kappa shape index (κ3) is 2.32. The van der Waals surface area contributed by atoms with Crippen LogP contribution in [0, 0.1) is 0 Å². The van der Waals surface area contributed by atoms with Gasteiger partial charge in [0, 0.05) is 11.7 Å². The van der Waals surface area contributed by atoms with E-state index < -0.39 is 0 Å². The average molecular weight is 220 g/mol. The Morgan fingerprint density at radius 2 is 2.38 bits per heavy atom. The van der Waals surface area contributed by atoms with Crippen LogP contribution in [0.15, 0.2) is 18.3 Å². The van der Waals surface area contributed by atoms with Gasteiger partial charge in [-0.1, -0.05) is 0 Å². The lowest BCUT2D eigenvalue weighted by atomic mass is 10.2. The normalized spacial score (nSPS) is 16.6. The summed E-state index contributed by atoms with van der Waals surface area (Å²) < 4.78 is 4.98. The minimum atomic E-state index is -0.317. The van der Waals surface area contributed by atoms with E-state index in [-0.39, 0.29) is 11.5 Å². The number of carbonyl (C=O) groups excluding carboxylic acids is 1. The van der Waals surface area contributed by atoms with Gasteiger partial charge in [0.2, 0.25) is 0 Å². The molecule has 0 aromatic carbocycles. The molecule has 0 unspecified atom stereocenters. The minimum Gasteiger partial charge on any atom is -0.462 e. The summed E-state index contributed by atoms with van der Waals surface area (Å²) in [7, 11) is 0. The Hall–Kier alpha value is -1.58. The van der Waals surface area contributed by atoms with E-state index in [4.69, 9.17) is 4.74 Å². The molecule has 1 N–H and O–H groups in total. The second kappa shape index (κ2) is 4.12. The van der Waals surface area contributed by atoms with Crippen LogP contribution >= 0.6 is 0 Å². The summed E-state index contributed by atoms with van der Waals surface area (Å²) in [5.74, 6) is 0.309. The number of hydrogen-bond donors (Lipinski definition) is 1. The average Bonchev–Trinajstić information content (AvgIpc) is 2.97. The summed E-state index contributed by atoms with van der Waals surface area (Å²) in [6.07, 6.45) is 3.91. The Morgan fingerprint density at radius 1 is 1.62 bits per heavy atom. The molecule has 0 amide bonds. The van der Waals surface area contributed by atoms with E-state index in [2.05, 4.69) is 17.2 Å². The van der Waals surface area contributed by atoms with E-state index in [9.17, 15) is 4.79 Å². The van der Waals surface area contributed by atoms with Crippen molar-refractivity contribution in [3.8, 4) is 0 Å². The quantitative estimate of drug-likeness (QED) is 0.790. The molecule has 1 aromatic rings. The second-order valence-corrected chi connectivity index (χ2v) is 4.31. The molecule has 1 saturated carbocycles. The van der Waals surface area contributed by atoms with Crippen molar-refractivity contribution in [3.05, 3.63) is 23.9 Å². The molecule has 4 nitrogen and oxygen atoms in total. The Labute approximate surface area is 95.0 Å². The van der Waals surface area contributed by atoms with Gasteiger partial charge < -0.3 is 10.1 Å². The van der Waals surface area contributed by atoms with Crippen LogP contribution in [0.5, 0.6) is 0 Å². The number of esters is 1. The molecule has 0 radical (unpaired) electrons. The summed E-state index contributed by atoms with van der Waals surface area (Å²) >= 11 is 0. The maximum Gasteiger partial charge on any atom is 0.341 e. The highest BCUT2D eigenvalue weighted by Gasteiger charge is 2.38. The first-order chi connectivity index (χ1) is 7.64. The van der Waals surface area contributed by atoms with Crippen LogP contribution in [0.25, 0.3) is 0 Å². The van der Waals surface area contributed by atoms with Crippen LogP contribution < -0.4 is 5.32 Å². The summed E-state index contributed by atoms with van der Waals surface area (Å²) in [6.45, 7) is 4.30. The number of aromatic nitrogens is 1. The molecule has 0 atom stereocenters. The smallest absolute Gasteiger partial charge is 0.341 e. The molecule has 2 rings (SSSR count). The Kier molecular flexibility index (Phi) is 2.81. The van der Waals surface area contributed by atoms with Gasteiger partial charge >= 0.3 is 5.97 Å². The van der Waals surface area contributed by atoms with Crippen LogP contribution in [0.3, 0.4) is 0 Å². The topological polar surface area (TPSA) is 51.2 Å². The fraction of sp³-hybridized carbons (Fsp3) is 0.500. The summed E-state index contributed by atoms with van der Waals surface area (Å²) in [6, 6.07) is 3.48. The zero-order chi connectivity index (χ0) is 11.6. The Bertz CT molecular complexity index is 400. The van der Waals surface area contributed by atoms with Gasteiger partial charge in [-0.2, -0.15) is 0 Å². The predicted molar refractivity (Wildman–Crippen MR) is 61.5 cm³/mol. The molecule has 16 heavy (non-hydrogen) atoms. The van der Waals surface area contributed by atoms with Crippen LogP contribution in [0.2, 0.25) is 0 Å². The lowest BCUT2D eigenvalue weighted by Gasteiger charge is -2.14. The van der Waals surface area contributed by atoms with Crippen molar-refractivity contribution in [1.29, 1.82) is 0 Å². The molecule has 0 saturated heterocycles. The molecule has 0 aliphatic heterocycles. The third-order valence-electron chi connectivity index (χ3n) is 2.72. The van der Waals surface area contributed by atoms with Crippen LogP contribution in [0.1, 0.15) is 37.0 Å². The second-order valence-electron chi connectivity index (χ2n) is 4.31. The van der Waals surface area contributed by atoms with Crippen LogP contribution in [-0.4, -0.2) is 23.1 Å². The van der Waals surface area contributed by atoms with Gasteiger partial charge in [0.1, 0.15) is 11.4 Å². The van der Waals surface area contributed by atoms with Crippen molar-refractivity contribution in [2.75, 3.05) is 11.9 Å². The summed E-state index contributed by atoms with van der Waals surface area (Å²) in [5, 5.41) is 3.29. The molecule has 1 aromatic heterocycles. The number of hydrogen-bond acceptors (Lipinski definition) is 4. The lowest BCUT2D eigenvalue weighted by molar-refractivity contribution is 0.0527. The number of nitrogens with one attached hydrogen (secondary N) is 1. The first kappa shape index (κ1) is 10.9. The maximum atomic E-state index is 11.7. The van der Waals surface area contributed by atoms with Gasteiger partial charge in [0.15, 0.2) is 0 Å². The molecule has 86 valence electrons. The van der Waals surface area contributed by atoms with Crippen molar-refractivity contribution in [2.24, 2.45) is 0 Å². The highest BCUT2D eigenvalue weighted by Crippen LogP contribution is 2.38. The molecule has 0 bridgehead atoms. The van der Waals surface area contributed by atoms with Gasteiger partial charge in [-0.15, -0.1) is 0 Å². The Balaban J connectivity index is 2.19. The first-order valence-electron chi connectivity index (χ1n) is 5.55. The van der Waals surface area contributed by atoms with E-state index in [0.29, 0.717) is 18.0 Å². The van der Waals surface area contributed by atoms with Crippen molar-refractivity contribution in [2.45, 2.75) is 32.2 Å². The largest absolute Gasteiger partial charge is 0.462 e. The van der Waals surface area contributed by atoms with E-state index in [1.54, 1.807) is 25.3 Å². The zero-order valence-corrected chi connectivity index (χ0v) is 9.62. The predicted octanol–water partition coefficient (Wildman–Crippen LogP) is 2.22. The number of pyridine rings is 1. The fourth-order valence-electron chi connectivity index (χ4n) is 1.48. The lowest BCUT2D eigenvalue weighted by Crippen LogP contribution is -2.20. The summed E-state index contributed by atoms with van der Waals surface area (Å²) in [4.78, 5) is 15.9. The molecule has 1 fully saturated rings. The van der Waals surface area contributed by atoms with E-state index in [1.165, 1.54) is 0 Å². The van der Waals surface area contributed by atoms with Crippen molar-refractivity contribution >= 4 is 11.8 Å². The molecule has 1 aliphatic carbocycles. The SMILES string of the molecule is CCOC(=O)c1cccnc1NC1(C)CC1. The van der Waals surface area contributed by atoms with Gasteiger partial charge in [-0.05, 0) is 38.8 Å². The highest BCUT2D eigenvalue weighted by molar-refractivity contribution is 5.94. The monoisotopic (exact) mass is 220 g/mol. The minimum absolute atomic E-state index is 0.107. The maximum absolute atomic E-state index is 11.7. The first-order valence-corrected chi connectivity index (χ1v) is 5.55. The number of carbonyl (C=O) groups is 1. The van der Waals surface area contributed by atoms with Crippen LogP contribution in [-0.2, 0) is 4.74 Å². The zero-order valence-electron chi connectivity index (χ0n) is 9.62. The number of ether oxygens (including phenoxy) is 1. The van der Waals surface area contributed by atoms with Crippen molar-refractivity contribution < 1.29 is 9.53 Å². The van der Waals surface area contributed by atoms with Crippen LogP contribution in [0.4, 0.5) is 5.82 Å². The summed E-state index contributed by atoms with van der Waals surface area (Å²) in [5.41, 5.74) is 0.618. The van der Waals surface area contributed by atoms with Gasteiger partial charge in [0.25, 0.3) is 0 Å². The molecule has 1 aliphatic rings. The standard InChI is InChI=1S/C12H16N2O2/c1-3-16-11(15)9-5-4-8-13-10(9)14-12(2)6-7-12/h4-5,8H,3,6-7H2,1-2H3,(H,13,14). The number of nitrogens with zero attached hydrogens (tertiary/aromatic N) is 1. The van der Waals surface area contributed by atoms with Gasteiger partial charge in [-0.3, -0.25) is 0 Å². The van der Waals surface area contributed by atoms with E-state index in [1.807, 2.05) is 0 Å². The van der Waals surface area contributed by atoms with E-state index >= 15 is 0 Å².